The second kappa shape index (κ2) is 4.29. The molecule has 5 heteroatoms. The van der Waals surface area contributed by atoms with Gasteiger partial charge in [-0.15, -0.1) is 0 Å². The summed E-state index contributed by atoms with van der Waals surface area (Å²) in [5.74, 6) is 0.234. The zero-order chi connectivity index (χ0) is 12.4. The van der Waals surface area contributed by atoms with Crippen molar-refractivity contribution in [3.05, 3.63) is 41.1 Å². The van der Waals surface area contributed by atoms with Crippen molar-refractivity contribution >= 4 is 17.4 Å². The van der Waals surface area contributed by atoms with Crippen LogP contribution in [0.1, 0.15) is 21.5 Å². The van der Waals surface area contributed by atoms with Crippen molar-refractivity contribution in [2.45, 2.75) is 13.8 Å². The van der Waals surface area contributed by atoms with Crippen LogP contribution in [0.15, 0.2) is 24.4 Å². The van der Waals surface area contributed by atoms with Gasteiger partial charge in [-0.1, -0.05) is 17.7 Å². The topological polar surface area (TPSA) is 83.8 Å². The first-order valence-electron chi connectivity index (χ1n) is 5.25. The van der Waals surface area contributed by atoms with Crippen LogP contribution in [0.5, 0.6) is 0 Å². The third-order valence-corrected chi connectivity index (χ3v) is 2.54. The van der Waals surface area contributed by atoms with Gasteiger partial charge in [0, 0.05) is 5.56 Å². The number of hydrogen-bond donors (Lipinski definition) is 3. The molecule has 0 saturated heterocycles. The van der Waals surface area contributed by atoms with Crippen LogP contribution >= 0.6 is 0 Å². The van der Waals surface area contributed by atoms with E-state index in [0.29, 0.717) is 17.1 Å². The molecule has 5 nitrogen and oxygen atoms in total. The average molecular weight is 230 g/mol. The van der Waals surface area contributed by atoms with Crippen molar-refractivity contribution in [1.82, 2.24) is 10.2 Å². The lowest BCUT2D eigenvalue weighted by atomic mass is 10.1. The van der Waals surface area contributed by atoms with Gasteiger partial charge < -0.3 is 11.1 Å². The van der Waals surface area contributed by atoms with Crippen LogP contribution < -0.4 is 11.1 Å². The zero-order valence-electron chi connectivity index (χ0n) is 9.74. The number of nitrogen functional groups attached to an aromatic ring is 1. The van der Waals surface area contributed by atoms with Crippen molar-refractivity contribution in [3.8, 4) is 0 Å². The van der Waals surface area contributed by atoms with Crippen LogP contribution in [0.2, 0.25) is 0 Å². The summed E-state index contributed by atoms with van der Waals surface area (Å²) in [5.41, 5.74) is 8.65. The molecule has 0 saturated carbocycles. The molecule has 0 spiro atoms. The normalized spacial score (nSPS) is 10.2. The summed E-state index contributed by atoms with van der Waals surface area (Å²) in [6, 6.07) is 5.73. The number of rotatable bonds is 2. The highest BCUT2D eigenvalue weighted by Gasteiger charge is 2.11. The molecule has 0 aliphatic heterocycles. The maximum Gasteiger partial charge on any atom is 0.257 e. The fourth-order valence-corrected chi connectivity index (χ4v) is 1.56. The van der Waals surface area contributed by atoms with Crippen LogP contribution in [-0.4, -0.2) is 16.1 Å². The zero-order valence-corrected chi connectivity index (χ0v) is 9.74. The van der Waals surface area contributed by atoms with Crippen LogP contribution in [-0.2, 0) is 0 Å². The van der Waals surface area contributed by atoms with E-state index in [4.69, 9.17) is 5.73 Å². The molecular formula is C12H14N4O. The highest BCUT2D eigenvalue weighted by atomic mass is 16.1. The fraction of sp³-hybridized carbons (Fsp3) is 0.167. The minimum Gasteiger partial charge on any atom is -0.394 e. The third-order valence-electron chi connectivity index (χ3n) is 2.54. The lowest BCUT2D eigenvalue weighted by Crippen LogP contribution is -2.14. The molecule has 2 rings (SSSR count). The Labute approximate surface area is 99.0 Å². The molecule has 4 N–H and O–H groups in total. The largest absolute Gasteiger partial charge is 0.394 e. The Hall–Kier alpha value is -2.30. The number of aromatic amines is 1. The van der Waals surface area contributed by atoms with Gasteiger partial charge in [0.2, 0.25) is 0 Å². The number of H-pyrrole nitrogens is 1. The van der Waals surface area contributed by atoms with E-state index in [0.717, 1.165) is 11.1 Å². The van der Waals surface area contributed by atoms with E-state index < -0.39 is 0 Å². The Morgan fingerprint density at radius 1 is 1.41 bits per heavy atom. The minimum absolute atomic E-state index is 0.192. The summed E-state index contributed by atoms with van der Waals surface area (Å²) in [5, 5.41) is 9.07. The van der Waals surface area contributed by atoms with E-state index in [1.165, 1.54) is 6.20 Å². The van der Waals surface area contributed by atoms with Gasteiger partial charge >= 0.3 is 0 Å². The monoisotopic (exact) mass is 230 g/mol. The molecular weight excluding hydrogens is 216 g/mol. The molecule has 0 fully saturated rings. The number of anilines is 2. The van der Waals surface area contributed by atoms with Gasteiger partial charge in [-0.05, 0) is 25.5 Å². The number of carbonyl (C=O) groups excluding carboxylic acids is 1. The van der Waals surface area contributed by atoms with Crippen molar-refractivity contribution in [1.29, 1.82) is 0 Å². The molecule has 0 bridgehead atoms. The number of nitrogens with zero attached hydrogens (tertiary/aromatic N) is 1. The van der Waals surface area contributed by atoms with Gasteiger partial charge in [0.25, 0.3) is 5.91 Å². The van der Waals surface area contributed by atoms with Crippen molar-refractivity contribution in [2.24, 2.45) is 0 Å². The maximum atomic E-state index is 12.0. The number of amides is 1. The Balaban J connectivity index is 2.26. The van der Waals surface area contributed by atoms with Crippen LogP contribution in [0.4, 0.5) is 11.5 Å². The molecule has 0 radical (unpaired) electrons. The molecule has 17 heavy (non-hydrogen) atoms. The molecule has 0 unspecified atom stereocenters. The first kappa shape index (κ1) is 11.2. The molecule has 1 aromatic carbocycles. The first-order chi connectivity index (χ1) is 8.08. The molecule has 88 valence electrons. The molecule has 1 amide bonds. The number of nitrogens with one attached hydrogen (secondary N) is 2. The van der Waals surface area contributed by atoms with E-state index in [1.807, 2.05) is 32.0 Å². The lowest BCUT2D eigenvalue weighted by Gasteiger charge is -2.07. The molecule has 0 atom stereocenters. The quantitative estimate of drug-likeness (QED) is 0.736. The fourth-order valence-electron chi connectivity index (χ4n) is 1.56. The predicted octanol–water partition coefficient (Wildman–Crippen LogP) is 1.86. The van der Waals surface area contributed by atoms with Crippen LogP contribution in [0.25, 0.3) is 0 Å². The molecule has 0 aliphatic rings. The number of hydrogen-bond acceptors (Lipinski definition) is 3. The number of aromatic nitrogens is 2. The second-order valence-corrected chi connectivity index (χ2v) is 3.97. The summed E-state index contributed by atoms with van der Waals surface area (Å²) in [6.45, 7) is 3.84. The standard InChI is InChI=1S/C12H14N4O/c1-7-3-4-8(2)9(5-7)12(17)15-11-10(13)6-14-16-11/h3-6H,13H2,1-2H3,(H2,14,15,16,17). The van der Waals surface area contributed by atoms with Gasteiger partial charge in [0.1, 0.15) is 0 Å². The lowest BCUT2D eigenvalue weighted by molar-refractivity contribution is 0.102. The highest BCUT2D eigenvalue weighted by Crippen LogP contribution is 2.16. The number of aryl methyl sites for hydroxylation is 2. The number of nitrogens with two attached hydrogens (primary N) is 1. The summed E-state index contributed by atoms with van der Waals surface area (Å²) in [6.07, 6.45) is 1.46. The molecule has 2 aromatic rings. The first-order valence-corrected chi connectivity index (χ1v) is 5.25. The SMILES string of the molecule is Cc1ccc(C)c(C(=O)Nc2[nH]ncc2N)c1. The molecule has 0 aliphatic carbocycles. The van der Waals surface area contributed by atoms with Crippen LogP contribution in [0.3, 0.4) is 0 Å². The van der Waals surface area contributed by atoms with Gasteiger partial charge in [0.15, 0.2) is 5.82 Å². The summed E-state index contributed by atoms with van der Waals surface area (Å²) in [7, 11) is 0. The second-order valence-electron chi connectivity index (χ2n) is 3.97. The van der Waals surface area contributed by atoms with E-state index >= 15 is 0 Å². The van der Waals surface area contributed by atoms with Gasteiger partial charge in [-0.25, -0.2) is 0 Å². The van der Waals surface area contributed by atoms with Crippen molar-refractivity contribution in [2.75, 3.05) is 11.1 Å². The van der Waals surface area contributed by atoms with Crippen LogP contribution in [0, 0.1) is 13.8 Å². The number of carbonyl (C=O) groups is 1. The Bertz CT molecular complexity index is 559. The van der Waals surface area contributed by atoms with Crippen molar-refractivity contribution < 1.29 is 4.79 Å². The van der Waals surface area contributed by atoms with E-state index in [-0.39, 0.29) is 5.91 Å². The highest BCUT2D eigenvalue weighted by molar-refractivity contribution is 6.06. The molecule has 1 heterocycles. The maximum absolute atomic E-state index is 12.0. The summed E-state index contributed by atoms with van der Waals surface area (Å²) >= 11 is 0. The summed E-state index contributed by atoms with van der Waals surface area (Å²) in [4.78, 5) is 12.0. The average Bonchev–Trinajstić information content (AvgIpc) is 2.68. The Morgan fingerprint density at radius 2 is 2.18 bits per heavy atom. The minimum atomic E-state index is -0.192. The predicted molar refractivity (Wildman–Crippen MR) is 66.9 cm³/mol. The molecule has 1 aromatic heterocycles. The number of benzene rings is 1. The van der Waals surface area contributed by atoms with E-state index in [9.17, 15) is 4.79 Å². The Morgan fingerprint density at radius 3 is 2.82 bits per heavy atom. The van der Waals surface area contributed by atoms with E-state index in [1.54, 1.807) is 0 Å². The third kappa shape index (κ3) is 2.28. The Kier molecular flexibility index (Phi) is 2.82. The van der Waals surface area contributed by atoms with Gasteiger partial charge in [0.05, 0.1) is 11.9 Å². The van der Waals surface area contributed by atoms with Crippen molar-refractivity contribution in [3.63, 3.8) is 0 Å². The summed E-state index contributed by atoms with van der Waals surface area (Å²) < 4.78 is 0. The van der Waals surface area contributed by atoms with Gasteiger partial charge in [-0.3, -0.25) is 9.89 Å². The van der Waals surface area contributed by atoms with E-state index in [2.05, 4.69) is 15.5 Å². The van der Waals surface area contributed by atoms with Gasteiger partial charge in [-0.2, -0.15) is 5.10 Å². The smallest absolute Gasteiger partial charge is 0.257 e.